The van der Waals surface area contributed by atoms with Crippen molar-refractivity contribution in [1.29, 1.82) is 0 Å². The van der Waals surface area contributed by atoms with Gasteiger partial charge in [0.15, 0.2) is 0 Å². The summed E-state index contributed by atoms with van der Waals surface area (Å²) in [5.74, 6) is 0. The second-order valence-corrected chi connectivity index (χ2v) is 40.7. The van der Waals surface area contributed by atoms with Gasteiger partial charge in [-0.15, -0.1) is 0 Å². The second-order valence-electron chi connectivity index (χ2n) is 40.7. The first-order valence-corrected chi connectivity index (χ1v) is 44.2. The quantitative estimate of drug-likeness (QED) is 0.106. The summed E-state index contributed by atoms with van der Waals surface area (Å²) in [5, 5.41) is 0. The summed E-state index contributed by atoms with van der Waals surface area (Å²) in [4.78, 5) is 5.55. The number of hydrogen-bond acceptors (Lipinski definition) is 2. The highest BCUT2D eigenvalue weighted by molar-refractivity contribution is 7.00. The summed E-state index contributed by atoms with van der Waals surface area (Å²) in [6.07, 6.45) is 0. The van der Waals surface area contributed by atoms with Gasteiger partial charge in [0.05, 0.1) is 11.4 Å². The molecule has 606 valence electrons. The van der Waals surface area contributed by atoms with Crippen molar-refractivity contribution >= 4 is 57.2 Å². The summed E-state index contributed by atoms with van der Waals surface area (Å²) in [6.45, 7) is 42.4. The monoisotopic (exact) mass is 1590 g/mol. The lowest BCUT2D eigenvalue weighted by Gasteiger charge is -2.46. The molecular weight excluding hydrogens is 1480 g/mol. The van der Waals surface area contributed by atoms with Crippen molar-refractivity contribution in [3.05, 3.63) is 391 Å². The van der Waals surface area contributed by atoms with Crippen LogP contribution >= 0.6 is 0 Å². The molecule has 2 aliphatic rings. The van der Waals surface area contributed by atoms with Crippen molar-refractivity contribution in [3.8, 4) is 122 Å². The van der Waals surface area contributed by atoms with E-state index in [1.807, 2.05) is 0 Å². The molecule has 123 heavy (non-hydrogen) atoms. The van der Waals surface area contributed by atoms with E-state index in [2.05, 4.69) is 492 Å². The van der Waals surface area contributed by atoms with Crippen LogP contribution in [0.3, 0.4) is 0 Å². The van der Waals surface area contributed by atoms with Crippen LogP contribution in [0.4, 0.5) is 34.1 Å². The van der Waals surface area contributed by atoms with Crippen molar-refractivity contribution < 1.29 is 0 Å². The Morgan fingerprint density at radius 3 is 0.732 bits per heavy atom. The van der Waals surface area contributed by atoms with Crippen LogP contribution in [0, 0.1) is 0 Å². The van der Waals surface area contributed by atoms with E-state index >= 15 is 0 Å². The molecule has 18 rings (SSSR count). The molecule has 0 saturated heterocycles. The zero-order chi connectivity index (χ0) is 85.8. The topological polar surface area (TPSA) is 6.48 Å². The maximum Gasteiger partial charge on any atom is 0.252 e. The number of anilines is 6. The molecule has 0 N–H and O–H groups in total. The third kappa shape index (κ3) is 15.9. The largest absolute Gasteiger partial charge is 0.310 e. The lowest BCUT2D eigenvalue weighted by molar-refractivity contribution is 0.568. The third-order valence-electron chi connectivity index (χ3n) is 25.7. The van der Waals surface area contributed by atoms with Crippen LogP contribution in [0.15, 0.2) is 358 Å². The molecule has 0 spiro atoms. The minimum Gasteiger partial charge on any atom is -0.310 e. The molecule has 2 nitrogen and oxygen atoms in total. The first kappa shape index (κ1) is 81.2. The van der Waals surface area contributed by atoms with E-state index in [4.69, 9.17) is 0 Å². The van der Waals surface area contributed by atoms with Gasteiger partial charge in [0.2, 0.25) is 0 Å². The van der Waals surface area contributed by atoms with E-state index < -0.39 is 0 Å². The Kier molecular flexibility index (Phi) is 20.6. The van der Waals surface area contributed by atoms with E-state index in [1.54, 1.807) is 0 Å². The predicted molar refractivity (Wildman–Crippen MR) is 532 cm³/mol. The molecular formula is C120H113BN2. The standard InChI is InChI=1S/C120H113BN2/c1-115(2,3)96-64-93(65-97(72-96)116(4,5)6)89-57-59-106-109(69-89)123(114-102(84-45-33-23-34-46-84)74-100(119(13,14)15)75-103(114)85-47-35-24-36-48-85)111-71-95(94-66-98(117(7,8)9)73-99(67-94)118(10,11)12)70-110-112(111)121(106)107-68-88(92-62-90(80-41-29-21-30-42-80)61-91(63-92)81-43-31-22-32-44-81)58-60-108(107)122(110)113-104(86-53-49-82(50-54-86)78-37-25-19-26-38-78)76-101(120(16,17)18)77-105(113)87-55-51-83(52-56-87)79-39-27-20-28-40-79/h19-77H,1-18H3. The van der Waals surface area contributed by atoms with Crippen molar-refractivity contribution in [2.75, 3.05) is 9.80 Å². The van der Waals surface area contributed by atoms with E-state index in [0.29, 0.717) is 0 Å². The number of rotatable bonds is 13. The fraction of sp³-hybridized carbons (Fsp3) is 0.200. The smallest absolute Gasteiger partial charge is 0.252 e. The average molecular weight is 1590 g/mol. The summed E-state index contributed by atoms with van der Waals surface area (Å²) in [6, 6.07) is 138. The van der Waals surface area contributed by atoms with Gasteiger partial charge in [-0.2, -0.15) is 0 Å². The van der Waals surface area contributed by atoms with Gasteiger partial charge in [0, 0.05) is 45.0 Å². The normalized spacial score (nSPS) is 12.9. The van der Waals surface area contributed by atoms with Gasteiger partial charge in [-0.3, -0.25) is 0 Å². The maximum absolute atomic E-state index is 2.78. The Bertz CT molecular complexity index is 6370. The van der Waals surface area contributed by atoms with Crippen LogP contribution < -0.4 is 26.2 Å². The molecule has 0 radical (unpaired) electrons. The van der Waals surface area contributed by atoms with E-state index in [1.165, 1.54) is 111 Å². The van der Waals surface area contributed by atoms with E-state index in [0.717, 1.165) is 95.3 Å². The molecule has 2 aliphatic heterocycles. The number of nitrogens with zero attached hydrogens (tertiary/aromatic N) is 2. The molecule has 0 amide bonds. The lowest BCUT2D eigenvalue weighted by Crippen LogP contribution is -2.61. The predicted octanol–water partition coefficient (Wildman–Crippen LogP) is 31.9. The Balaban J connectivity index is 1.06. The van der Waals surface area contributed by atoms with E-state index in [9.17, 15) is 0 Å². The Morgan fingerprint density at radius 2 is 0.390 bits per heavy atom. The molecule has 0 unspecified atom stereocenters. The van der Waals surface area contributed by atoms with Crippen molar-refractivity contribution in [1.82, 2.24) is 0 Å². The number of hydrogen-bond donors (Lipinski definition) is 0. The van der Waals surface area contributed by atoms with Crippen LogP contribution in [0.25, 0.3) is 122 Å². The van der Waals surface area contributed by atoms with Gasteiger partial charge >= 0.3 is 0 Å². The van der Waals surface area contributed by atoms with Gasteiger partial charge in [-0.1, -0.05) is 416 Å². The summed E-state index contributed by atoms with van der Waals surface area (Å²) < 4.78 is 0. The van der Waals surface area contributed by atoms with Gasteiger partial charge in [-0.05, 0) is 249 Å². The first-order valence-electron chi connectivity index (χ1n) is 44.2. The summed E-state index contributed by atoms with van der Waals surface area (Å²) in [7, 11) is 0. The third-order valence-corrected chi connectivity index (χ3v) is 25.7. The van der Waals surface area contributed by atoms with Crippen LogP contribution in [-0.2, 0) is 32.5 Å². The lowest BCUT2D eigenvalue weighted by atomic mass is 9.33. The molecule has 16 aromatic carbocycles. The van der Waals surface area contributed by atoms with Gasteiger partial charge in [0.25, 0.3) is 6.71 Å². The Morgan fingerprint density at radius 1 is 0.163 bits per heavy atom. The Hall–Kier alpha value is -12.8. The maximum atomic E-state index is 2.78. The fourth-order valence-electron chi connectivity index (χ4n) is 18.4. The highest BCUT2D eigenvalue weighted by Crippen LogP contribution is 2.57. The van der Waals surface area contributed by atoms with Gasteiger partial charge in [0.1, 0.15) is 0 Å². The van der Waals surface area contributed by atoms with Crippen molar-refractivity contribution in [2.45, 2.75) is 157 Å². The molecule has 2 heterocycles. The van der Waals surface area contributed by atoms with Gasteiger partial charge < -0.3 is 9.80 Å². The number of fused-ring (bicyclic) bond motifs is 4. The summed E-state index contributed by atoms with van der Waals surface area (Å²) in [5.41, 5.74) is 42.5. The summed E-state index contributed by atoms with van der Waals surface area (Å²) >= 11 is 0. The molecule has 0 saturated carbocycles. The molecule has 3 heteroatoms. The fourth-order valence-corrected chi connectivity index (χ4v) is 18.4. The first-order chi connectivity index (χ1) is 58.7. The molecule has 0 bridgehead atoms. The highest BCUT2D eigenvalue weighted by atomic mass is 15.2. The molecule has 0 aromatic heterocycles. The van der Waals surface area contributed by atoms with Crippen LogP contribution in [0.5, 0.6) is 0 Å². The molecule has 16 aromatic rings. The van der Waals surface area contributed by atoms with Crippen LogP contribution in [0.1, 0.15) is 158 Å². The van der Waals surface area contributed by atoms with Crippen molar-refractivity contribution in [2.24, 2.45) is 0 Å². The molecule has 0 fully saturated rings. The van der Waals surface area contributed by atoms with Crippen molar-refractivity contribution in [3.63, 3.8) is 0 Å². The zero-order valence-corrected chi connectivity index (χ0v) is 75.0. The second kappa shape index (κ2) is 31.3. The van der Waals surface area contributed by atoms with Gasteiger partial charge in [-0.25, -0.2) is 0 Å². The molecule has 0 atom stereocenters. The highest BCUT2D eigenvalue weighted by Gasteiger charge is 2.47. The SMILES string of the molecule is CC(C)(C)c1cc(-c2ccc3c(c2)N(c2c(-c4ccccc4)cc(C(C)(C)C)cc2-c2ccccc2)c2cc(-c4cc(C(C)(C)C)cc(C(C)(C)C)c4)cc4c2B3c2cc(-c3cc(-c5ccccc5)cc(-c5ccccc5)c3)ccc2N4c2c(-c3ccc(-c4ccccc4)cc3)cc(C(C)(C)C)cc2-c2ccc(-c3ccccc3)cc2)cc(C(C)(C)C)c1. The minimum atomic E-state index is -0.330. The van der Waals surface area contributed by atoms with Crippen LogP contribution in [0.2, 0.25) is 0 Å². The number of benzene rings is 16. The van der Waals surface area contributed by atoms with E-state index in [-0.39, 0.29) is 39.2 Å². The average Bonchev–Trinajstić information content (AvgIpc) is 0.683. The minimum absolute atomic E-state index is 0.134. The zero-order valence-electron chi connectivity index (χ0n) is 75.0. The van der Waals surface area contributed by atoms with Crippen LogP contribution in [-0.4, -0.2) is 6.71 Å². The molecule has 0 aliphatic carbocycles. The Labute approximate surface area is 732 Å².